The first-order valence-electron chi connectivity index (χ1n) is 21.7. The molecule has 0 saturated heterocycles. The van der Waals surface area contributed by atoms with E-state index in [1.165, 1.54) is 90.9 Å². The second kappa shape index (κ2) is 15.0. The highest BCUT2D eigenvalue weighted by atomic mass is 32.1. The average molecular weight is 802 g/mol. The number of anilines is 3. The van der Waals surface area contributed by atoms with Crippen LogP contribution in [0.5, 0.6) is 0 Å². The highest BCUT2D eigenvalue weighted by molar-refractivity contribution is 7.26. The van der Waals surface area contributed by atoms with Gasteiger partial charge in [0.2, 0.25) is 0 Å². The van der Waals surface area contributed by atoms with Crippen molar-refractivity contribution >= 4 is 81.3 Å². The van der Waals surface area contributed by atoms with Crippen molar-refractivity contribution in [2.24, 2.45) is 0 Å². The lowest BCUT2D eigenvalue weighted by Gasteiger charge is -2.29. The largest absolute Gasteiger partial charge is 0.455 e. The normalized spacial score (nSPS) is 13.5. The fourth-order valence-electron chi connectivity index (χ4n) is 10.2. The van der Waals surface area contributed by atoms with Crippen LogP contribution >= 0.6 is 11.3 Å². The van der Waals surface area contributed by atoms with Gasteiger partial charge in [-0.3, -0.25) is 0 Å². The van der Waals surface area contributed by atoms with Crippen LogP contribution in [0, 0.1) is 0 Å². The highest BCUT2D eigenvalue weighted by Gasteiger charge is 2.23. The van der Waals surface area contributed by atoms with Crippen LogP contribution < -0.4 is 4.90 Å². The average Bonchev–Trinajstić information content (AvgIpc) is 3.91. The minimum atomic E-state index is 0.587. The van der Waals surface area contributed by atoms with Gasteiger partial charge in [0.25, 0.3) is 0 Å². The summed E-state index contributed by atoms with van der Waals surface area (Å²) in [5.41, 5.74) is 13.9. The van der Waals surface area contributed by atoms with Crippen LogP contribution in [0.4, 0.5) is 17.1 Å². The van der Waals surface area contributed by atoms with Gasteiger partial charge in [-0.05, 0) is 99.8 Å². The number of thiophene rings is 1. The molecule has 0 atom stereocenters. The Kier molecular flexibility index (Phi) is 8.82. The number of fused-ring (bicyclic) bond motifs is 7. The number of furan rings is 1. The molecule has 1 aliphatic rings. The fourth-order valence-corrected chi connectivity index (χ4v) is 11.4. The van der Waals surface area contributed by atoms with Gasteiger partial charge in [-0.15, -0.1) is 11.3 Å². The summed E-state index contributed by atoms with van der Waals surface area (Å²) in [6.07, 6.45) is 6.48. The molecule has 0 spiro atoms. The van der Waals surface area contributed by atoms with Gasteiger partial charge in [-0.25, -0.2) is 0 Å². The van der Waals surface area contributed by atoms with Crippen molar-refractivity contribution in [3.63, 3.8) is 0 Å². The standard InChI is InChI=1S/C58H43NOS/c1-2-14-38(15-3-1)44-21-10-16-41-17-11-24-50(56(41)44)47-18-4-7-27-53(47)59(42-34-30-39(31-35-42)45-22-12-25-51-48-19-5-8-28-54(48)60-57(45)51)43-36-32-40(33-37-43)46-23-13-26-52-49-20-6-9-29-55(49)61-58(46)52/h4-13,16-38H,1-3,14-15H2. The van der Waals surface area contributed by atoms with Crippen LogP contribution in [0.3, 0.4) is 0 Å². The highest BCUT2D eigenvalue weighted by Crippen LogP contribution is 2.47. The summed E-state index contributed by atoms with van der Waals surface area (Å²) in [4.78, 5) is 2.45. The van der Waals surface area contributed by atoms with Crippen molar-refractivity contribution in [2.75, 3.05) is 4.90 Å². The number of para-hydroxylation sites is 3. The fraction of sp³-hybridized carbons (Fsp3) is 0.103. The zero-order valence-electron chi connectivity index (χ0n) is 33.9. The second-order valence-corrected chi connectivity index (χ2v) is 17.6. The third-order valence-corrected chi connectivity index (χ3v) is 14.3. The number of benzene rings is 9. The molecule has 11 aromatic rings. The summed E-state index contributed by atoms with van der Waals surface area (Å²) in [6, 6.07) is 71.4. The molecule has 1 aliphatic carbocycles. The summed E-state index contributed by atoms with van der Waals surface area (Å²) in [6.45, 7) is 0. The molecular weight excluding hydrogens is 759 g/mol. The monoisotopic (exact) mass is 801 g/mol. The van der Waals surface area contributed by atoms with Crippen molar-refractivity contribution in [1.82, 2.24) is 0 Å². The molecule has 2 nitrogen and oxygen atoms in total. The Labute approximate surface area is 360 Å². The maximum atomic E-state index is 6.49. The molecule has 0 bridgehead atoms. The molecule has 0 aliphatic heterocycles. The zero-order valence-corrected chi connectivity index (χ0v) is 34.7. The molecule has 1 fully saturated rings. The maximum Gasteiger partial charge on any atom is 0.143 e. The van der Waals surface area contributed by atoms with E-state index in [-0.39, 0.29) is 0 Å². The summed E-state index contributed by atoms with van der Waals surface area (Å²) < 4.78 is 9.14. The van der Waals surface area contributed by atoms with Crippen molar-refractivity contribution in [3.8, 4) is 33.4 Å². The lowest BCUT2D eigenvalue weighted by molar-refractivity contribution is 0.445. The third-order valence-electron chi connectivity index (χ3n) is 13.1. The molecule has 0 unspecified atom stereocenters. The van der Waals surface area contributed by atoms with Gasteiger partial charge in [-0.2, -0.15) is 0 Å². The minimum absolute atomic E-state index is 0.587. The van der Waals surface area contributed by atoms with Gasteiger partial charge in [0.05, 0.1) is 5.69 Å². The molecule has 9 aromatic carbocycles. The van der Waals surface area contributed by atoms with Gasteiger partial charge >= 0.3 is 0 Å². The van der Waals surface area contributed by atoms with E-state index in [1.54, 1.807) is 0 Å². The molecular formula is C58H43NOS. The van der Waals surface area contributed by atoms with Crippen molar-refractivity contribution < 1.29 is 4.42 Å². The SMILES string of the molecule is c1ccc(N(c2ccc(-c3cccc4c3oc3ccccc34)cc2)c2ccc(-c3cccc4c3sc3ccccc34)cc2)c(-c2cccc3cccc(C4CCCCC4)c23)c1. The topological polar surface area (TPSA) is 16.4 Å². The Balaban J connectivity index is 1.02. The van der Waals surface area contributed by atoms with Crippen molar-refractivity contribution in [2.45, 2.75) is 38.0 Å². The van der Waals surface area contributed by atoms with Crippen LogP contribution in [0.25, 0.3) is 86.3 Å². The van der Waals surface area contributed by atoms with Crippen LogP contribution in [0.1, 0.15) is 43.6 Å². The predicted octanol–water partition coefficient (Wildman–Crippen LogP) is 17.6. The van der Waals surface area contributed by atoms with Gasteiger partial charge in [0, 0.05) is 53.4 Å². The van der Waals surface area contributed by atoms with Gasteiger partial charge in [0.15, 0.2) is 0 Å². The Morgan fingerprint density at radius 1 is 0.443 bits per heavy atom. The van der Waals surface area contributed by atoms with Crippen LogP contribution in [0.15, 0.2) is 199 Å². The number of hydrogen-bond donors (Lipinski definition) is 0. The third kappa shape index (κ3) is 6.14. The molecule has 292 valence electrons. The Morgan fingerprint density at radius 3 is 1.84 bits per heavy atom. The number of hydrogen-bond acceptors (Lipinski definition) is 3. The first-order chi connectivity index (χ1) is 30.3. The van der Waals surface area contributed by atoms with E-state index >= 15 is 0 Å². The van der Waals surface area contributed by atoms with E-state index in [1.807, 2.05) is 17.4 Å². The van der Waals surface area contributed by atoms with Gasteiger partial charge < -0.3 is 9.32 Å². The van der Waals surface area contributed by atoms with Gasteiger partial charge in [-0.1, -0.05) is 171 Å². The smallest absolute Gasteiger partial charge is 0.143 e. The summed E-state index contributed by atoms with van der Waals surface area (Å²) in [5.74, 6) is 0.587. The first kappa shape index (κ1) is 36.0. The molecule has 2 heterocycles. The molecule has 0 N–H and O–H groups in total. The second-order valence-electron chi connectivity index (χ2n) is 16.6. The Hall–Kier alpha value is -6.94. The van der Waals surface area contributed by atoms with Crippen LogP contribution in [-0.4, -0.2) is 0 Å². The van der Waals surface area contributed by atoms with E-state index in [0.717, 1.165) is 50.1 Å². The quantitative estimate of drug-likeness (QED) is 0.160. The van der Waals surface area contributed by atoms with E-state index in [4.69, 9.17) is 4.42 Å². The lowest BCUT2D eigenvalue weighted by atomic mass is 9.80. The lowest BCUT2D eigenvalue weighted by Crippen LogP contribution is -2.11. The molecule has 2 aromatic heterocycles. The predicted molar refractivity (Wildman–Crippen MR) is 261 cm³/mol. The summed E-state index contributed by atoms with van der Waals surface area (Å²) in [5, 5.41) is 7.63. The maximum absolute atomic E-state index is 6.49. The first-order valence-corrected chi connectivity index (χ1v) is 22.5. The van der Waals surface area contributed by atoms with Crippen LogP contribution in [-0.2, 0) is 0 Å². The number of nitrogens with zero attached hydrogens (tertiary/aromatic N) is 1. The molecule has 3 heteroatoms. The minimum Gasteiger partial charge on any atom is -0.455 e. The molecule has 12 rings (SSSR count). The van der Waals surface area contributed by atoms with E-state index < -0.39 is 0 Å². The molecule has 0 amide bonds. The van der Waals surface area contributed by atoms with Crippen molar-refractivity contribution in [1.29, 1.82) is 0 Å². The molecule has 61 heavy (non-hydrogen) atoms. The zero-order chi connectivity index (χ0) is 40.3. The van der Waals surface area contributed by atoms with E-state index in [9.17, 15) is 0 Å². The summed E-state index contributed by atoms with van der Waals surface area (Å²) in [7, 11) is 0. The number of rotatable bonds is 7. The molecule has 1 saturated carbocycles. The van der Waals surface area contributed by atoms with E-state index in [2.05, 4.69) is 193 Å². The summed E-state index contributed by atoms with van der Waals surface area (Å²) >= 11 is 1.88. The molecule has 0 radical (unpaired) electrons. The van der Waals surface area contributed by atoms with Crippen LogP contribution in [0.2, 0.25) is 0 Å². The Bertz CT molecular complexity index is 3240. The van der Waals surface area contributed by atoms with E-state index in [0.29, 0.717) is 5.92 Å². The van der Waals surface area contributed by atoms with Gasteiger partial charge in [0.1, 0.15) is 11.2 Å². The Morgan fingerprint density at radius 2 is 1.03 bits per heavy atom. The van der Waals surface area contributed by atoms with Crippen molar-refractivity contribution in [3.05, 3.63) is 200 Å².